The van der Waals surface area contributed by atoms with Crippen molar-refractivity contribution >= 4 is 54.3 Å². The minimum Gasteiger partial charge on any atom is -0.481 e. The van der Waals surface area contributed by atoms with Crippen LogP contribution >= 0.6 is 11.3 Å². The number of aliphatic carboxylic acids is 1. The fraction of sp³-hybridized carbons (Fsp3) is 0.438. The first kappa shape index (κ1) is 19.5. The van der Waals surface area contributed by atoms with Crippen LogP contribution in [0.3, 0.4) is 0 Å². The maximum atomic E-state index is 12.3. The molecule has 9 nitrogen and oxygen atoms in total. The summed E-state index contributed by atoms with van der Waals surface area (Å²) in [5.41, 5.74) is 0.953. The Labute approximate surface area is 159 Å². The van der Waals surface area contributed by atoms with E-state index in [1.54, 1.807) is 18.2 Å². The number of carbonyl (C=O) groups excluding carboxylic acids is 1. The molecule has 146 valence electrons. The molecule has 0 spiro atoms. The largest absolute Gasteiger partial charge is 0.481 e. The van der Waals surface area contributed by atoms with Crippen molar-refractivity contribution in [3.63, 3.8) is 0 Å². The third-order valence-corrected chi connectivity index (χ3v) is 6.29. The van der Waals surface area contributed by atoms with Gasteiger partial charge in [-0.25, -0.2) is 13.4 Å². The summed E-state index contributed by atoms with van der Waals surface area (Å²) in [6.07, 6.45) is 0.887. The van der Waals surface area contributed by atoms with Gasteiger partial charge in [-0.2, -0.15) is 0 Å². The second-order valence-corrected chi connectivity index (χ2v) is 9.01. The summed E-state index contributed by atoms with van der Waals surface area (Å²) in [5, 5.41) is 11.9. The van der Waals surface area contributed by atoms with Gasteiger partial charge < -0.3 is 15.2 Å². The molecular weight excluding hydrogens is 394 g/mol. The van der Waals surface area contributed by atoms with Crippen LogP contribution in [0, 0.1) is 5.92 Å². The number of sulfonamides is 1. The van der Waals surface area contributed by atoms with E-state index >= 15 is 0 Å². The van der Waals surface area contributed by atoms with E-state index in [4.69, 9.17) is 9.84 Å². The maximum absolute atomic E-state index is 12.3. The Morgan fingerprint density at radius 1 is 1.30 bits per heavy atom. The van der Waals surface area contributed by atoms with Gasteiger partial charge in [-0.15, -0.1) is 0 Å². The number of nitrogens with zero attached hydrogens (tertiary/aromatic N) is 1. The average Bonchev–Trinajstić information content (AvgIpc) is 3.02. The van der Waals surface area contributed by atoms with Crippen molar-refractivity contribution in [1.82, 2.24) is 4.98 Å². The third-order valence-electron chi connectivity index (χ3n) is 4.07. The van der Waals surface area contributed by atoms with Crippen LogP contribution < -0.4 is 10.0 Å². The number of ether oxygens (including phenoxy) is 1. The van der Waals surface area contributed by atoms with Crippen molar-refractivity contribution in [2.45, 2.75) is 19.3 Å². The molecule has 1 amide bonds. The van der Waals surface area contributed by atoms with E-state index in [-0.39, 0.29) is 11.8 Å². The zero-order chi connectivity index (χ0) is 19.4. The van der Waals surface area contributed by atoms with Crippen molar-refractivity contribution in [3.8, 4) is 0 Å². The molecule has 1 aliphatic rings. The van der Waals surface area contributed by atoms with Crippen molar-refractivity contribution in [2.24, 2.45) is 5.92 Å². The number of aromatic nitrogens is 1. The number of hydrogen-bond acceptors (Lipinski definition) is 7. The monoisotopic (exact) mass is 413 g/mol. The zero-order valence-electron chi connectivity index (χ0n) is 14.3. The molecule has 0 unspecified atom stereocenters. The van der Waals surface area contributed by atoms with E-state index in [1.807, 2.05) is 0 Å². The normalized spacial score (nSPS) is 15.6. The van der Waals surface area contributed by atoms with Crippen LogP contribution in [0.5, 0.6) is 0 Å². The first-order valence-corrected chi connectivity index (χ1v) is 10.8. The summed E-state index contributed by atoms with van der Waals surface area (Å²) < 4.78 is 32.1. The van der Waals surface area contributed by atoms with Gasteiger partial charge in [0.2, 0.25) is 15.9 Å². The molecule has 0 bridgehead atoms. The highest BCUT2D eigenvalue weighted by molar-refractivity contribution is 7.92. The molecule has 3 N–H and O–H groups in total. The lowest BCUT2D eigenvalue weighted by atomic mass is 10.00. The predicted octanol–water partition coefficient (Wildman–Crippen LogP) is 1.88. The molecule has 0 radical (unpaired) electrons. The number of nitrogens with one attached hydrogen (secondary N) is 2. The lowest BCUT2D eigenvalue weighted by Gasteiger charge is -2.20. The quantitative estimate of drug-likeness (QED) is 0.631. The van der Waals surface area contributed by atoms with Crippen LogP contribution in [0.1, 0.15) is 19.3 Å². The molecule has 3 rings (SSSR count). The van der Waals surface area contributed by atoms with Gasteiger partial charge in [-0.05, 0) is 31.0 Å². The first-order valence-electron chi connectivity index (χ1n) is 8.34. The molecule has 1 saturated heterocycles. The number of rotatable bonds is 7. The van der Waals surface area contributed by atoms with Crippen LogP contribution in [-0.2, 0) is 24.3 Å². The number of thiazole rings is 1. The van der Waals surface area contributed by atoms with E-state index < -0.39 is 28.2 Å². The maximum Gasteiger partial charge on any atom is 0.304 e. The summed E-state index contributed by atoms with van der Waals surface area (Å²) in [7, 11) is -3.75. The van der Waals surface area contributed by atoms with E-state index in [2.05, 4.69) is 15.0 Å². The second kappa shape index (κ2) is 8.19. The minimum absolute atomic E-state index is 0.0908. The molecule has 27 heavy (non-hydrogen) atoms. The smallest absolute Gasteiger partial charge is 0.304 e. The predicted molar refractivity (Wildman–Crippen MR) is 101 cm³/mol. The number of anilines is 2. The molecule has 1 aliphatic heterocycles. The lowest BCUT2D eigenvalue weighted by molar-refractivity contribution is -0.136. The van der Waals surface area contributed by atoms with Gasteiger partial charge >= 0.3 is 5.97 Å². The van der Waals surface area contributed by atoms with Gasteiger partial charge in [0.1, 0.15) is 0 Å². The van der Waals surface area contributed by atoms with Crippen LogP contribution in [0.2, 0.25) is 0 Å². The van der Waals surface area contributed by atoms with Crippen LogP contribution in [0.4, 0.5) is 10.8 Å². The molecule has 1 aromatic carbocycles. The topological polar surface area (TPSA) is 135 Å². The Bertz CT molecular complexity index is 950. The van der Waals surface area contributed by atoms with Gasteiger partial charge in [-0.3, -0.25) is 14.3 Å². The van der Waals surface area contributed by atoms with Crippen LogP contribution in [-0.4, -0.2) is 49.4 Å². The Kier molecular flexibility index (Phi) is 5.92. The van der Waals surface area contributed by atoms with Crippen LogP contribution in [0.15, 0.2) is 18.2 Å². The molecule has 1 fully saturated rings. The fourth-order valence-electron chi connectivity index (χ4n) is 2.66. The number of carboxylic acids is 1. The highest BCUT2D eigenvalue weighted by Crippen LogP contribution is 2.29. The summed E-state index contributed by atoms with van der Waals surface area (Å²) in [5.74, 6) is -1.87. The number of amides is 1. The summed E-state index contributed by atoms with van der Waals surface area (Å²) in [6, 6.07) is 4.80. The molecule has 2 aromatic rings. The van der Waals surface area contributed by atoms with E-state index in [0.29, 0.717) is 47.1 Å². The molecule has 0 atom stereocenters. The number of carbonyl (C=O) groups is 2. The number of hydrogen-bond donors (Lipinski definition) is 3. The van der Waals surface area contributed by atoms with Crippen LogP contribution in [0.25, 0.3) is 10.2 Å². The summed E-state index contributed by atoms with van der Waals surface area (Å²) >= 11 is 1.24. The Hall–Kier alpha value is -2.24. The minimum atomic E-state index is -3.75. The van der Waals surface area contributed by atoms with Gasteiger partial charge in [0.05, 0.1) is 28.1 Å². The van der Waals surface area contributed by atoms with E-state index in [1.165, 1.54) is 11.3 Å². The zero-order valence-corrected chi connectivity index (χ0v) is 15.9. The highest BCUT2D eigenvalue weighted by Gasteiger charge is 2.22. The molecule has 1 aromatic heterocycles. The van der Waals surface area contributed by atoms with Crippen molar-refractivity contribution in [2.75, 3.05) is 29.0 Å². The number of carboxylic acid groups (broad SMARTS) is 1. The summed E-state index contributed by atoms with van der Waals surface area (Å²) in [4.78, 5) is 27.2. The number of benzene rings is 1. The van der Waals surface area contributed by atoms with Gasteiger partial charge in [0.25, 0.3) is 0 Å². The van der Waals surface area contributed by atoms with Gasteiger partial charge in [-0.1, -0.05) is 11.3 Å². The van der Waals surface area contributed by atoms with Gasteiger partial charge in [0.15, 0.2) is 5.13 Å². The molecular formula is C16H19N3O6S2. The Morgan fingerprint density at radius 3 is 2.74 bits per heavy atom. The summed E-state index contributed by atoms with van der Waals surface area (Å²) in [6.45, 7) is 1.15. The highest BCUT2D eigenvalue weighted by atomic mass is 32.2. The molecule has 11 heteroatoms. The second-order valence-electron chi connectivity index (χ2n) is 6.14. The van der Waals surface area contributed by atoms with Gasteiger partial charge in [0, 0.05) is 19.1 Å². The van der Waals surface area contributed by atoms with Crippen molar-refractivity contribution < 1.29 is 27.9 Å². The SMILES string of the molecule is O=C(O)CCS(=O)(=O)Nc1ccc2nc(NC(=O)C3CCOCC3)sc2c1. The van der Waals surface area contributed by atoms with E-state index in [9.17, 15) is 18.0 Å². The molecule has 0 saturated carbocycles. The first-order chi connectivity index (χ1) is 12.8. The third kappa shape index (κ3) is 5.37. The van der Waals surface area contributed by atoms with Crippen molar-refractivity contribution in [1.29, 1.82) is 0 Å². The fourth-order valence-corrected chi connectivity index (χ4v) is 4.60. The van der Waals surface area contributed by atoms with Crippen molar-refractivity contribution in [3.05, 3.63) is 18.2 Å². The lowest BCUT2D eigenvalue weighted by Crippen LogP contribution is -2.28. The molecule has 0 aliphatic carbocycles. The van der Waals surface area contributed by atoms with E-state index in [0.717, 1.165) is 0 Å². The number of fused-ring (bicyclic) bond motifs is 1. The standard InChI is InChI=1S/C16H19N3O6S2/c20-14(21)5-8-27(23,24)19-11-1-2-12-13(9-11)26-16(17-12)18-15(22)10-3-6-25-7-4-10/h1-2,9-10,19H,3-8H2,(H,20,21)(H,17,18,22). The average molecular weight is 413 g/mol. The molecule has 2 heterocycles. The Morgan fingerprint density at radius 2 is 2.04 bits per heavy atom. The Balaban J connectivity index is 1.69.